The van der Waals surface area contributed by atoms with Gasteiger partial charge in [0.25, 0.3) is 0 Å². The summed E-state index contributed by atoms with van der Waals surface area (Å²) in [7, 11) is 1.61. The Kier molecular flexibility index (Phi) is 3.06. The van der Waals surface area contributed by atoms with Crippen molar-refractivity contribution in [3.63, 3.8) is 0 Å². The minimum absolute atomic E-state index is 0.0713. The van der Waals surface area contributed by atoms with Gasteiger partial charge in [-0.25, -0.2) is 0 Å². The largest absolute Gasteiger partial charge is 0.497 e. The molecule has 0 N–H and O–H groups in total. The molecule has 0 saturated heterocycles. The highest BCUT2D eigenvalue weighted by atomic mass is 32.2. The molecule has 2 aromatic carbocycles. The van der Waals surface area contributed by atoms with Crippen LogP contribution >= 0.6 is 11.8 Å². The van der Waals surface area contributed by atoms with Crippen LogP contribution in [0.4, 0.5) is 11.4 Å². The maximum absolute atomic E-state index is 7.61. The molecule has 0 aromatic heterocycles. The monoisotopic (exact) mass is 334 g/mol. The predicted octanol–water partition coefficient (Wildman–Crippen LogP) is 4.50. The Morgan fingerprint density at radius 2 is 1.96 bits per heavy atom. The second-order valence-corrected chi connectivity index (χ2v) is 6.81. The van der Waals surface area contributed by atoms with Crippen molar-refractivity contribution in [1.29, 1.82) is 0 Å². The standard InChI is InChI=1S/C19H24N2OS/c1-14(12-20(2)3)13-21-16-7-5-6-8-18(16)23-19-10-9-15(22-4)11-17(19)21/h5-11,14H,12-13H2,1-4H3/t14-/m1/s1/i2D3,3D3. The van der Waals surface area contributed by atoms with E-state index >= 15 is 0 Å². The average Bonchev–Trinajstić information content (AvgIpc) is 2.64. The number of nitrogens with zero attached hydrogens (tertiary/aromatic N) is 2. The molecular formula is C19H24N2OS. The molecule has 3 nitrogen and oxygen atoms in total. The number of hydrogen-bond acceptors (Lipinski definition) is 4. The minimum atomic E-state index is -2.68. The molecule has 2 aromatic rings. The molecule has 0 fully saturated rings. The van der Waals surface area contributed by atoms with Crippen molar-refractivity contribution < 1.29 is 13.0 Å². The predicted molar refractivity (Wildman–Crippen MR) is 98.3 cm³/mol. The van der Waals surface area contributed by atoms with Gasteiger partial charge in [-0.2, -0.15) is 0 Å². The van der Waals surface area contributed by atoms with Gasteiger partial charge in [0.05, 0.1) is 18.5 Å². The number of para-hydroxylation sites is 1. The molecule has 1 aliphatic heterocycles. The Morgan fingerprint density at radius 1 is 1.17 bits per heavy atom. The van der Waals surface area contributed by atoms with E-state index < -0.39 is 14.0 Å². The summed E-state index contributed by atoms with van der Waals surface area (Å²) in [6.07, 6.45) is 0. The Balaban J connectivity index is 1.92. The van der Waals surface area contributed by atoms with E-state index in [9.17, 15) is 0 Å². The first-order valence-corrected chi connectivity index (χ1v) is 8.32. The van der Waals surface area contributed by atoms with Crippen LogP contribution in [-0.2, 0) is 0 Å². The van der Waals surface area contributed by atoms with Gasteiger partial charge in [-0.1, -0.05) is 30.8 Å². The number of rotatable bonds is 5. The van der Waals surface area contributed by atoms with Gasteiger partial charge in [-0.15, -0.1) is 0 Å². The lowest BCUT2D eigenvalue weighted by molar-refractivity contribution is 0.342. The molecule has 0 spiro atoms. The quantitative estimate of drug-likeness (QED) is 0.800. The van der Waals surface area contributed by atoms with E-state index in [1.54, 1.807) is 18.9 Å². The number of benzene rings is 2. The van der Waals surface area contributed by atoms with Crippen molar-refractivity contribution in [1.82, 2.24) is 4.90 Å². The summed E-state index contributed by atoms with van der Waals surface area (Å²) in [5.41, 5.74) is 1.98. The van der Waals surface area contributed by atoms with Crippen LogP contribution in [0.5, 0.6) is 5.75 Å². The number of ether oxygens (including phenoxy) is 1. The molecule has 0 aliphatic carbocycles. The Bertz CT molecular complexity index is 857. The Morgan fingerprint density at radius 3 is 2.74 bits per heavy atom. The van der Waals surface area contributed by atoms with E-state index in [0.717, 1.165) is 26.9 Å². The van der Waals surface area contributed by atoms with E-state index in [0.29, 0.717) is 11.4 Å². The summed E-state index contributed by atoms with van der Waals surface area (Å²) in [5, 5.41) is 0. The molecule has 1 atom stereocenters. The third-order valence-corrected chi connectivity index (χ3v) is 4.95. The molecule has 0 saturated carbocycles. The number of methoxy groups -OCH3 is 1. The molecule has 0 bridgehead atoms. The molecule has 0 amide bonds. The normalized spacial score (nSPS) is 19.3. The van der Waals surface area contributed by atoms with Crippen LogP contribution in [0, 0.1) is 5.92 Å². The highest BCUT2D eigenvalue weighted by molar-refractivity contribution is 7.99. The van der Waals surface area contributed by atoms with Gasteiger partial charge >= 0.3 is 0 Å². The van der Waals surface area contributed by atoms with Crippen molar-refractivity contribution in [3.05, 3.63) is 42.5 Å². The third kappa shape index (κ3) is 3.48. The summed E-state index contributed by atoms with van der Waals surface area (Å²) in [6.45, 7) is -3.10. The Hall–Kier alpha value is -1.65. The maximum Gasteiger partial charge on any atom is 0.121 e. The van der Waals surface area contributed by atoms with E-state index in [1.165, 1.54) is 0 Å². The summed E-state index contributed by atoms with van der Waals surface area (Å²) >= 11 is 1.67. The first-order chi connectivity index (χ1) is 13.5. The zero-order valence-corrected chi connectivity index (χ0v) is 14.1. The lowest BCUT2D eigenvalue weighted by Crippen LogP contribution is -2.31. The topological polar surface area (TPSA) is 15.7 Å². The van der Waals surface area contributed by atoms with Crippen LogP contribution in [0.15, 0.2) is 52.3 Å². The van der Waals surface area contributed by atoms with Gasteiger partial charge in [-0.05, 0) is 44.1 Å². The molecule has 122 valence electrons. The fourth-order valence-electron chi connectivity index (χ4n) is 2.81. The van der Waals surface area contributed by atoms with Crippen molar-refractivity contribution in [2.75, 3.05) is 39.1 Å². The van der Waals surface area contributed by atoms with E-state index in [-0.39, 0.29) is 12.5 Å². The average molecular weight is 335 g/mol. The van der Waals surface area contributed by atoms with Crippen LogP contribution in [0.3, 0.4) is 0 Å². The summed E-state index contributed by atoms with van der Waals surface area (Å²) in [6, 6.07) is 13.9. The van der Waals surface area contributed by atoms with Crippen molar-refractivity contribution in [2.45, 2.75) is 16.7 Å². The highest BCUT2D eigenvalue weighted by Gasteiger charge is 2.25. The summed E-state index contributed by atoms with van der Waals surface area (Å²) in [4.78, 5) is 4.91. The second kappa shape index (κ2) is 6.85. The van der Waals surface area contributed by atoms with Crippen LogP contribution in [0.25, 0.3) is 0 Å². The molecular weight excluding hydrogens is 304 g/mol. The fourth-order valence-corrected chi connectivity index (χ4v) is 3.89. The van der Waals surface area contributed by atoms with Crippen LogP contribution in [0.2, 0.25) is 0 Å². The molecule has 1 aliphatic rings. The Labute approximate surface area is 151 Å². The van der Waals surface area contributed by atoms with E-state index in [1.807, 2.05) is 49.4 Å². The zero-order chi connectivity index (χ0) is 21.4. The smallest absolute Gasteiger partial charge is 0.121 e. The van der Waals surface area contributed by atoms with Crippen LogP contribution in [0.1, 0.15) is 15.1 Å². The molecule has 4 heteroatoms. The molecule has 3 rings (SSSR count). The van der Waals surface area contributed by atoms with Gasteiger partial charge in [0.1, 0.15) is 5.75 Å². The first-order valence-electron chi connectivity index (χ1n) is 10.5. The minimum Gasteiger partial charge on any atom is -0.497 e. The second-order valence-electron chi connectivity index (χ2n) is 5.73. The maximum atomic E-state index is 7.61. The lowest BCUT2D eigenvalue weighted by atomic mass is 10.1. The number of hydrogen-bond donors (Lipinski definition) is 0. The summed E-state index contributed by atoms with van der Waals surface area (Å²) < 4.78 is 51.0. The first kappa shape index (κ1) is 10.3. The van der Waals surface area contributed by atoms with Gasteiger partial charge in [0, 0.05) is 37.2 Å². The van der Waals surface area contributed by atoms with Gasteiger partial charge in [0.2, 0.25) is 0 Å². The van der Waals surface area contributed by atoms with Gasteiger partial charge in [-0.3, -0.25) is 0 Å². The van der Waals surface area contributed by atoms with E-state index in [2.05, 4.69) is 4.90 Å². The van der Waals surface area contributed by atoms with Gasteiger partial charge in [0.15, 0.2) is 0 Å². The molecule has 1 heterocycles. The van der Waals surface area contributed by atoms with Gasteiger partial charge < -0.3 is 14.5 Å². The molecule has 23 heavy (non-hydrogen) atoms. The fraction of sp³-hybridized carbons (Fsp3) is 0.368. The summed E-state index contributed by atoms with van der Waals surface area (Å²) in [5.74, 6) is 0.513. The van der Waals surface area contributed by atoms with Crippen LogP contribution in [-0.4, -0.2) is 39.1 Å². The lowest BCUT2D eigenvalue weighted by Gasteiger charge is -2.35. The SMILES string of the molecule is [2H]C([2H])([2H])N(C[C@@H](C)CN1c2ccccc2Sc2ccc(OC)cc21)C([2H])([2H])[2H]. The van der Waals surface area contributed by atoms with Crippen molar-refractivity contribution >= 4 is 23.1 Å². The van der Waals surface area contributed by atoms with E-state index in [4.69, 9.17) is 13.0 Å². The third-order valence-electron chi connectivity index (χ3n) is 3.82. The molecule has 0 radical (unpaired) electrons. The highest BCUT2D eigenvalue weighted by Crippen LogP contribution is 2.49. The van der Waals surface area contributed by atoms with Crippen molar-refractivity contribution in [2.24, 2.45) is 5.92 Å². The number of anilines is 2. The van der Waals surface area contributed by atoms with Crippen LogP contribution < -0.4 is 9.64 Å². The van der Waals surface area contributed by atoms with Crippen molar-refractivity contribution in [3.8, 4) is 5.75 Å². The molecule has 0 unspecified atom stereocenters. The zero-order valence-electron chi connectivity index (χ0n) is 19.2. The number of fused-ring (bicyclic) bond motifs is 2.